The number of nitro groups is 1. The van der Waals surface area contributed by atoms with E-state index in [9.17, 15) is 20.3 Å². The lowest BCUT2D eigenvalue weighted by atomic mass is 10.2. The van der Waals surface area contributed by atoms with Crippen LogP contribution in [0, 0.1) is 10.1 Å². The molecule has 0 radical (unpaired) electrons. The molecule has 0 amide bonds. The molecular formula is C17H20N4O4S. The maximum absolute atomic E-state index is 11.2. The number of phenols is 2. The van der Waals surface area contributed by atoms with E-state index in [1.165, 1.54) is 12.1 Å². The Bertz CT molecular complexity index is 762. The SMILES string of the molecule is NC=S.O=[N+]([O-])c1cc(O)ccc1N1CCN(c2ccc(O)cc2)CC1. The Balaban J connectivity index is 0.000000758. The molecule has 1 fully saturated rings. The minimum Gasteiger partial charge on any atom is -0.508 e. The molecule has 1 saturated heterocycles. The van der Waals surface area contributed by atoms with Gasteiger partial charge in [-0.2, -0.15) is 0 Å². The van der Waals surface area contributed by atoms with Crippen LogP contribution in [0.15, 0.2) is 42.5 Å². The van der Waals surface area contributed by atoms with Crippen LogP contribution in [0.3, 0.4) is 0 Å². The van der Waals surface area contributed by atoms with E-state index in [1.807, 2.05) is 17.0 Å². The third-order valence-corrected chi connectivity index (χ3v) is 3.99. The summed E-state index contributed by atoms with van der Waals surface area (Å²) >= 11 is 4.05. The van der Waals surface area contributed by atoms with Gasteiger partial charge in [0, 0.05) is 31.9 Å². The van der Waals surface area contributed by atoms with E-state index < -0.39 is 4.92 Å². The molecule has 1 aliphatic rings. The predicted octanol–water partition coefficient (Wildman–Crippen LogP) is 2.23. The highest BCUT2D eigenvalue weighted by atomic mass is 32.1. The minimum atomic E-state index is -0.471. The van der Waals surface area contributed by atoms with Gasteiger partial charge in [-0.15, -0.1) is 0 Å². The second-order valence-corrected chi connectivity index (χ2v) is 5.83. The number of nitrogens with two attached hydrogens (primary N) is 1. The van der Waals surface area contributed by atoms with E-state index in [-0.39, 0.29) is 17.2 Å². The van der Waals surface area contributed by atoms with Crippen LogP contribution in [0.2, 0.25) is 0 Å². The van der Waals surface area contributed by atoms with Gasteiger partial charge in [0.05, 0.1) is 16.5 Å². The molecule has 0 aliphatic carbocycles. The normalized spacial score (nSPS) is 13.5. The van der Waals surface area contributed by atoms with Gasteiger partial charge in [0.25, 0.3) is 5.69 Å². The Labute approximate surface area is 156 Å². The number of phenolic OH excluding ortho intramolecular Hbond substituents is 2. The molecule has 8 nitrogen and oxygen atoms in total. The highest BCUT2D eigenvalue weighted by molar-refractivity contribution is 7.78. The third kappa shape index (κ3) is 4.73. The van der Waals surface area contributed by atoms with Crippen molar-refractivity contribution in [3.05, 3.63) is 52.6 Å². The topological polar surface area (TPSA) is 116 Å². The first-order chi connectivity index (χ1) is 12.5. The Hall–Kier alpha value is -3.07. The molecule has 1 aliphatic heterocycles. The zero-order valence-electron chi connectivity index (χ0n) is 14.0. The van der Waals surface area contributed by atoms with Gasteiger partial charge in [-0.05, 0) is 36.4 Å². The predicted molar refractivity (Wildman–Crippen MR) is 105 cm³/mol. The van der Waals surface area contributed by atoms with E-state index in [1.54, 1.807) is 18.2 Å². The first-order valence-corrected chi connectivity index (χ1v) is 8.35. The fourth-order valence-electron chi connectivity index (χ4n) is 2.79. The molecule has 0 aromatic heterocycles. The van der Waals surface area contributed by atoms with Crippen molar-refractivity contribution in [3.63, 3.8) is 0 Å². The summed E-state index contributed by atoms with van der Waals surface area (Å²) in [6.07, 6.45) is 0. The van der Waals surface area contributed by atoms with E-state index in [2.05, 4.69) is 22.9 Å². The molecule has 0 bridgehead atoms. The number of aromatic hydroxyl groups is 2. The van der Waals surface area contributed by atoms with Gasteiger partial charge in [0.2, 0.25) is 0 Å². The summed E-state index contributed by atoms with van der Waals surface area (Å²) < 4.78 is 0. The summed E-state index contributed by atoms with van der Waals surface area (Å²) in [7, 11) is 0. The molecule has 0 saturated carbocycles. The van der Waals surface area contributed by atoms with Crippen LogP contribution in [0.5, 0.6) is 11.5 Å². The lowest BCUT2D eigenvalue weighted by Crippen LogP contribution is -2.46. The minimum absolute atomic E-state index is 0.0805. The van der Waals surface area contributed by atoms with Crippen molar-refractivity contribution in [3.8, 4) is 11.5 Å². The number of anilines is 2. The molecule has 26 heavy (non-hydrogen) atoms. The first-order valence-electron chi connectivity index (χ1n) is 7.88. The molecule has 0 atom stereocenters. The van der Waals surface area contributed by atoms with Crippen molar-refractivity contribution in [2.45, 2.75) is 0 Å². The van der Waals surface area contributed by atoms with Crippen molar-refractivity contribution < 1.29 is 15.1 Å². The van der Waals surface area contributed by atoms with E-state index >= 15 is 0 Å². The van der Waals surface area contributed by atoms with Crippen molar-refractivity contribution in [2.24, 2.45) is 5.73 Å². The average molecular weight is 376 g/mol. The first kappa shape index (κ1) is 19.3. The highest BCUT2D eigenvalue weighted by Crippen LogP contribution is 2.32. The lowest BCUT2D eigenvalue weighted by molar-refractivity contribution is -0.384. The fraction of sp³-hybridized carbons (Fsp3) is 0.235. The van der Waals surface area contributed by atoms with Crippen LogP contribution in [0.4, 0.5) is 17.1 Å². The maximum atomic E-state index is 11.2. The number of rotatable bonds is 3. The van der Waals surface area contributed by atoms with Gasteiger partial charge in [0.1, 0.15) is 17.2 Å². The number of hydrogen-bond acceptors (Lipinski definition) is 7. The standard InChI is InChI=1S/C16H17N3O4.CH3NS/c20-13-3-1-12(2-4-13)17-7-9-18(10-8-17)15-6-5-14(21)11-16(15)19(22)23;2-1-3/h1-6,11,20-21H,7-10H2;1H,(H2,2,3). The van der Waals surface area contributed by atoms with Gasteiger partial charge in [-0.1, -0.05) is 12.2 Å². The monoisotopic (exact) mass is 376 g/mol. The summed E-state index contributed by atoms with van der Waals surface area (Å²) in [4.78, 5) is 14.8. The number of nitro benzene ring substituents is 1. The third-order valence-electron chi connectivity index (χ3n) is 3.99. The van der Waals surface area contributed by atoms with Crippen LogP contribution >= 0.6 is 12.2 Å². The van der Waals surface area contributed by atoms with Crippen LogP contribution in [0.1, 0.15) is 0 Å². The molecule has 138 valence electrons. The molecule has 1 heterocycles. The molecule has 0 unspecified atom stereocenters. The molecule has 4 N–H and O–H groups in total. The highest BCUT2D eigenvalue weighted by Gasteiger charge is 2.24. The Morgan fingerprint density at radius 1 is 1.00 bits per heavy atom. The Kier molecular flexibility index (Phi) is 6.56. The average Bonchev–Trinajstić information content (AvgIpc) is 2.63. The summed E-state index contributed by atoms with van der Waals surface area (Å²) in [6.45, 7) is 2.74. The molecular weight excluding hydrogens is 356 g/mol. The van der Waals surface area contributed by atoms with E-state index in [0.717, 1.165) is 24.3 Å². The zero-order chi connectivity index (χ0) is 19.1. The van der Waals surface area contributed by atoms with Gasteiger partial charge >= 0.3 is 0 Å². The summed E-state index contributed by atoms with van der Waals surface area (Å²) in [5, 5.41) is 30.0. The summed E-state index contributed by atoms with van der Waals surface area (Å²) in [5.41, 5.74) is 7.08. The molecule has 0 spiro atoms. The largest absolute Gasteiger partial charge is 0.508 e. The van der Waals surface area contributed by atoms with Crippen molar-refractivity contribution in [1.82, 2.24) is 0 Å². The lowest BCUT2D eigenvalue weighted by Gasteiger charge is -2.37. The van der Waals surface area contributed by atoms with Crippen LogP contribution in [-0.4, -0.2) is 46.8 Å². The quantitative estimate of drug-likeness (QED) is 0.424. The number of benzene rings is 2. The van der Waals surface area contributed by atoms with E-state index in [4.69, 9.17) is 0 Å². The second kappa shape index (κ2) is 8.86. The summed E-state index contributed by atoms with van der Waals surface area (Å²) in [6, 6.07) is 11.2. The molecule has 2 aromatic rings. The van der Waals surface area contributed by atoms with Gasteiger partial charge in [-0.3, -0.25) is 10.1 Å². The van der Waals surface area contributed by atoms with Crippen LogP contribution in [-0.2, 0) is 0 Å². The zero-order valence-corrected chi connectivity index (χ0v) is 14.8. The number of hydrogen-bond donors (Lipinski definition) is 3. The van der Waals surface area contributed by atoms with Crippen LogP contribution < -0.4 is 15.5 Å². The molecule has 3 rings (SSSR count). The smallest absolute Gasteiger partial charge is 0.296 e. The number of piperazine rings is 1. The number of thiocarbonyl (C=S) groups is 1. The Morgan fingerprint density at radius 2 is 1.50 bits per heavy atom. The Morgan fingerprint density at radius 3 is 2.04 bits per heavy atom. The van der Waals surface area contributed by atoms with Crippen molar-refractivity contribution in [2.75, 3.05) is 36.0 Å². The van der Waals surface area contributed by atoms with Gasteiger partial charge in [-0.25, -0.2) is 0 Å². The van der Waals surface area contributed by atoms with Crippen molar-refractivity contribution in [1.29, 1.82) is 0 Å². The van der Waals surface area contributed by atoms with Crippen LogP contribution in [0.25, 0.3) is 0 Å². The summed E-state index contributed by atoms with van der Waals surface area (Å²) in [5.74, 6) is 0.121. The molecule has 9 heteroatoms. The van der Waals surface area contributed by atoms with Gasteiger partial charge < -0.3 is 25.7 Å². The molecule has 2 aromatic carbocycles. The van der Waals surface area contributed by atoms with Crippen molar-refractivity contribution >= 4 is 34.8 Å². The van der Waals surface area contributed by atoms with Gasteiger partial charge in [0.15, 0.2) is 0 Å². The maximum Gasteiger partial charge on any atom is 0.296 e. The van der Waals surface area contributed by atoms with E-state index in [0.29, 0.717) is 18.8 Å². The number of nitrogens with zero attached hydrogens (tertiary/aromatic N) is 3. The second-order valence-electron chi connectivity index (χ2n) is 5.56. The fourth-order valence-corrected chi connectivity index (χ4v) is 2.79.